The number of hydrogen-bond donors (Lipinski definition) is 1. The van der Waals surface area contributed by atoms with Crippen molar-refractivity contribution in [2.45, 2.75) is 13.3 Å². The lowest BCUT2D eigenvalue weighted by atomic mass is 10.2. The van der Waals surface area contributed by atoms with Crippen LogP contribution in [0.3, 0.4) is 0 Å². The van der Waals surface area contributed by atoms with Gasteiger partial charge in [0.1, 0.15) is 5.75 Å². The molecule has 0 fully saturated rings. The molecule has 5 heteroatoms. The molecule has 0 atom stereocenters. The van der Waals surface area contributed by atoms with Gasteiger partial charge in [0.25, 0.3) is 0 Å². The Morgan fingerprint density at radius 3 is 2.79 bits per heavy atom. The third-order valence-corrected chi connectivity index (χ3v) is 2.06. The maximum atomic E-state index is 5.38. The van der Waals surface area contributed by atoms with E-state index in [1.807, 2.05) is 18.2 Å². The molecule has 0 aliphatic heterocycles. The van der Waals surface area contributed by atoms with Gasteiger partial charge in [0.05, 0.1) is 0 Å². The Hall–Kier alpha value is -0.360. The Morgan fingerprint density at radius 2 is 2.21 bits per heavy atom. The molecule has 1 aromatic rings. The Bertz CT molecular complexity index is 269. The van der Waals surface area contributed by atoms with Crippen LogP contribution < -0.4 is 10.0 Å². The van der Waals surface area contributed by atoms with Gasteiger partial charge in [0, 0.05) is 7.05 Å². The van der Waals surface area contributed by atoms with Crippen LogP contribution >= 0.6 is 25.7 Å². The molecule has 1 rings (SSSR count). The maximum absolute atomic E-state index is 5.38. The molecule has 0 heterocycles. The van der Waals surface area contributed by atoms with Crippen molar-refractivity contribution >= 4 is 25.7 Å². The first-order valence-electron chi connectivity index (χ1n) is 4.14. The van der Waals surface area contributed by atoms with Crippen LogP contribution in [0.1, 0.15) is 12.5 Å². The summed E-state index contributed by atoms with van der Waals surface area (Å²) in [5.74, 6) is 6.22. The number of hydrogen-bond acceptors (Lipinski definition) is 4. The van der Waals surface area contributed by atoms with Gasteiger partial charge >= 0.3 is 0 Å². The quantitative estimate of drug-likeness (QED) is 0.373. The highest BCUT2D eigenvalue weighted by molar-refractivity contribution is 7.92. The first-order valence-corrected chi connectivity index (χ1v) is 4.84. The normalized spacial score (nSPS) is 9.71. The van der Waals surface area contributed by atoms with Crippen molar-refractivity contribution < 1.29 is 4.18 Å². The summed E-state index contributed by atoms with van der Waals surface area (Å²) < 4.78 is 6.74. The molecule has 0 saturated carbocycles. The molecular weight excluding hydrogens is 216 g/mol. The maximum Gasteiger partial charge on any atom is 0.161 e. The predicted molar refractivity (Wildman–Crippen MR) is 66.4 cm³/mol. The van der Waals surface area contributed by atoms with Crippen LogP contribution in [-0.2, 0) is 6.42 Å². The molecule has 1 aromatic carbocycles. The van der Waals surface area contributed by atoms with E-state index in [0.29, 0.717) is 0 Å². The molecule has 0 bridgehead atoms. The molecule has 3 nitrogen and oxygen atoms in total. The zero-order valence-corrected chi connectivity index (χ0v) is 10.2. The lowest BCUT2D eigenvalue weighted by Gasteiger charge is -2.08. The fourth-order valence-electron chi connectivity index (χ4n) is 0.919. The lowest BCUT2D eigenvalue weighted by Crippen LogP contribution is -2.18. The molecule has 0 spiro atoms. The van der Waals surface area contributed by atoms with E-state index < -0.39 is 0 Å². The molecule has 0 saturated heterocycles. The molecule has 80 valence electrons. The standard InChI is InChI=1S/C9H14N2OS.H2S/c1-3-8-5-4-6-9(7-8)12-13-11(2)10;/h4-7H,3,10H2,1-2H3;1H2. The van der Waals surface area contributed by atoms with E-state index in [0.717, 1.165) is 24.4 Å². The van der Waals surface area contributed by atoms with Gasteiger partial charge in [-0.2, -0.15) is 17.9 Å². The summed E-state index contributed by atoms with van der Waals surface area (Å²) in [7, 11) is 1.73. The van der Waals surface area contributed by atoms with Crippen LogP contribution in [0.4, 0.5) is 0 Å². The first kappa shape index (κ1) is 13.6. The molecule has 0 unspecified atom stereocenters. The molecule has 0 radical (unpaired) electrons. The van der Waals surface area contributed by atoms with Gasteiger partial charge in [-0.3, -0.25) is 5.84 Å². The number of aryl methyl sites for hydroxylation is 1. The van der Waals surface area contributed by atoms with E-state index in [2.05, 4.69) is 13.0 Å². The van der Waals surface area contributed by atoms with Crippen LogP contribution in [0.5, 0.6) is 5.75 Å². The fraction of sp³-hybridized carbons (Fsp3) is 0.333. The second-order valence-electron chi connectivity index (χ2n) is 2.71. The summed E-state index contributed by atoms with van der Waals surface area (Å²) in [6.07, 6.45) is 1.01. The van der Waals surface area contributed by atoms with Gasteiger partial charge in [-0.15, -0.1) is 0 Å². The van der Waals surface area contributed by atoms with Crippen molar-refractivity contribution in [3.8, 4) is 5.75 Å². The summed E-state index contributed by atoms with van der Waals surface area (Å²) in [5.41, 5.74) is 1.26. The Balaban J connectivity index is 0.00000169. The second-order valence-corrected chi connectivity index (χ2v) is 3.60. The van der Waals surface area contributed by atoms with Gasteiger partial charge in [-0.1, -0.05) is 19.1 Å². The van der Waals surface area contributed by atoms with Gasteiger partial charge < -0.3 is 4.18 Å². The number of rotatable bonds is 4. The molecular formula is C9H16N2OS2. The first-order chi connectivity index (χ1) is 6.22. The van der Waals surface area contributed by atoms with Crippen molar-refractivity contribution in [1.29, 1.82) is 0 Å². The zero-order valence-electron chi connectivity index (χ0n) is 8.36. The summed E-state index contributed by atoms with van der Waals surface area (Å²) in [5, 5.41) is 0. The van der Waals surface area contributed by atoms with Crippen molar-refractivity contribution in [2.24, 2.45) is 5.84 Å². The van der Waals surface area contributed by atoms with E-state index in [4.69, 9.17) is 10.0 Å². The predicted octanol–water partition coefficient (Wildman–Crippen LogP) is 2.11. The number of nitrogens with two attached hydrogens (primary N) is 1. The van der Waals surface area contributed by atoms with Crippen LogP contribution in [0.25, 0.3) is 0 Å². The Morgan fingerprint density at radius 1 is 1.50 bits per heavy atom. The minimum absolute atomic E-state index is 0. The summed E-state index contributed by atoms with van der Waals surface area (Å²) in [4.78, 5) is 0. The van der Waals surface area contributed by atoms with Gasteiger partial charge in [-0.25, -0.2) is 0 Å². The third-order valence-electron chi connectivity index (χ3n) is 1.56. The van der Waals surface area contributed by atoms with Crippen molar-refractivity contribution in [3.63, 3.8) is 0 Å². The van der Waals surface area contributed by atoms with Crippen molar-refractivity contribution in [1.82, 2.24) is 4.41 Å². The summed E-state index contributed by atoms with van der Waals surface area (Å²) in [6, 6.07) is 7.97. The van der Waals surface area contributed by atoms with Crippen molar-refractivity contribution in [2.75, 3.05) is 7.05 Å². The highest BCUT2D eigenvalue weighted by Crippen LogP contribution is 2.18. The second kappa shape index (κ2) is 7.00. The SMILES string of the molecule is CCc1cccc(OSN(C)N)c1.S. The van der Waals surface area contributed by atoms with Crippen LogP contribution in [0.2, 0.25) is 0 Å². The minimum atomic E-state index is 0. The van der Waals surface area contributed by atoms with Gasteiger partial charge in [0.2, 0.25) is 0 Å². The molecule has 0 amide bonds. The summed E-state index contributed by atoms with van der Waals surface area (Å²) >= 11 is 1.11. The smallest absolute Gasteiger partial charge is 0.161 e. The zero-order chi connectivity index (χ0) is 9.68. The number of benzene rings is 1. The van der Waals surface area contributed by atoms with E-state index in [1.54, 1.807) is 7.05 Å². The average molecular weight is 232 g/mol. The average Bonchev–Trinajstić information content (AvgIpc) is 2.15. The Labute approximate surface area is 96.4 Å². The monoisotopic (exact) mass is 232 g/mol. The van der Waals surface area contributed by atoms with E-state index in [1.165, 1.54) is 9.98 Å². The van der Waals surface area contributed by atoms with Crippen LogP contribution in [-0.4, -0.2) is 11.5 Å². The number of hydrazine groups is 1. The molecule has 0 aromatic heterocycles. The van der Waals surface area contributed by atoms with E-state index in [9.17, 15) is 0 Å². The topological polar surface area (TPSA) is 38.5 Å². The van der Waals surface area contributed by atoms with E-state index in [-0.39, 0.29) is 13.5 Å². The largest absolute Gasteiger partial charge is 0.409 e. The molecule has 2 N–H and O–H groups in total. The molecule has 0 aliphatic rings. The van der Waals surface area contributed by atoms with Gasteiger partial charge in [0.15, 0.2) is 12.2 Å². The highest BCUT2D eigenvalue weighted by Gasteiger charge is 1.97. The highest BCUT2D eigenvalue weighted by atomic mass is 32.2. The summed E-state index contributed by atoms with van der Waals surface area (Å²) in [6.45, 7) is 2.11. The van der Waals surface area contributed by atoms with Crippen LogP contribution in [0, 0.1) is 0 Å². The molecule has 14 heavy (non-hydrogen) atoms. The van der Waals surface area contributed by atoms with Crippen LogP contribution in [0.15, 0.2) is 24.3 Å². The lowest BCUT2D eigenvalue weighted by molar-refractivity contribution is 0.534. The minimum Gasteiger partial charge on any atom is -0.409 e. The van der Waals surface area contributed by atoms with Gasteiger partial charge in [-0.05, 0) is 24.1 Å². The number of nitrogens with zero attached hydrogens (tertiary/aromatic N) is 1. The molecule has 0 aliphatic carbocycles. The third kappa shape index (κ3) is 4.76. The Kier molecular flexibility index (Phi) is 6.82. The fourth-order valence-corrected chi connectivity index (χ4v) is 1.23. The van der Waals surface area contributed by atoms with Crippen molar-refractivity contribution in [3.05, 3.63) is 29.8 Å². The van der Waals surface area contributed by atoms with E-state index >= 15 is 0 Å².